The van der Waals surface area contributed by atoms with Crippen LogP contribution in [0.2, 0.25) is 0 Å². The van der Waals surface area contributed by atoms with Crippen LogP contribution < -0.4 is 10.1 Å². The number of rotatable bonds is 4. The van der Waals surface area contributed by atoms with Crippen LogP contribution in [0.15, 0.2) is 24.5 Å². The molecule has 23 heavy (non-hydrogen) atoms. The van der Waals surface area contributed by atoms with E-state index in [1.165, 1.54) is 16.4 Å². The quantitative estimate of drug-likeness (QED) is 0.784. The molecule has 1 amide bonds. The van der Waals surface area contributed by atoms with Gasteiger partial charge in [0, 0.05) is 5.69 Å². The van der Waals surface area contributed by atoms with E-state index in [4.69, 9.17) is 4.74 Å². The first-order chi connectivity index (χ1) is 11.0. The Hall–Kier alpha value is -3.03. The van der Waals surface area contributed by atoms with Crippen LogP contribution in [-0.4, -0.2) is 37.3 Å². The van der Waals surface area contributed by atoms with Crippen molar-refractivity contribution < 1.29 is 9.53 Å². The lowest BCUT2D eigenvalue weighted by molar-refractivity contribution is -0.118. The number of benzene rings is 1. The minimum absolute atomic E-state index is 0.160. The summed E-state index contributed by atoms with van der Waals surface area (Å²) in [6, 6.07) is 5.73. The van der Waals surface area contributed by atoms with Crippen LogP contribution in [0.4, 0.5) is 5.69 Å². The van der Waals surface area contributed by atoms with Crippen LogP contribution in [0, 0.1) is 20.8 Å². The first kappa shape index (κ1) is 14.9. The third-order valence-corrected chi connectivity index (χ3v) is 3.41. The Bertz CT molecular complexity index is 874. The number of nitrogens with zero attached hydrogens (tertiary/aromatic N) is 5. The third-order valence-electron chi connectivity index (χ3n) is 3.41. The van der Waals surface area contributed by atoms with Crippen molar-refractivity contribution in [2.75, 3.05) is 11.9 Å². The number of ether oxygens (including phenoxy) is 1. The number of carbonyl (C=O) groups is 1. The van der Waals surface area contributed by atoms with Gasteiger partial charge < -0.3 is 10.1 Å². The molecule has 1 N–H and O–H groups in total. The number of carbonyl (C=O) groups excluding carboxylic acids is 1. The van der Waals surface area contributed by atoms with Gasteiger partial charge in [0.1, 0.15) is 12.0 Å². The second-order valence-corrected chi connectivity index (χ2v) is 5.21. The second-order valence-electron chi connectivity index (χ2n) is 5.21. The maximum absolute atomic E-state index is 12.0. The topological polar surface area (TPSA) is 94.3 Å². The van der Waals surface area contributed by atoms with Crippen molar-refractivity contribution in [2.24, 2.45) is 0 Å². The van der Waals surface area contributed by atoms with Gasteiger partial charge in [-0.05, 0) is 44.0 Å². The number of amides is 1. The standard InChI is InChI=1S/C15H16N6O2/c1-9-4-5-12(6-10(9)2)17-13(22)7-23-14-11(3)20-21-8-16-19-15(21)18-14/h4-6,8H,7H2,1-3H3,(H,17,22). The molecule has 2 aromatic heterocycles. The lowest BCUT2D eigenvalue weighted by Gasteiger charge is -2.09. The molecule has 0 saturated carbocycles. The fourth-order valence-corrected chi connectivity index (χ4v) is 2.03. The number of aromatic nitrogens is 5. The highest BCUT2D eigenvalue weighted by Crippen LogP contribution is 2.15. The summed E-state index contributed by atoms with van der Waals surface area (Å²) in [4.78, 5) is 16.2. The van der Waals surface area contributed by atoms with E-state index >= 15 is 0 Å². The van der Waals surface area contributed by atoms with E-state index in [0.717, 1.165) is 11.3 Å². The molecular weight excluding hydrogens is 296 g/mol. The molecule has 0 atom stereocenters. The highest BCUT2D eigenvalue weighted by atomic mass is 16.5. The van der Waals surface area contributed by atoms with Crippen molar-refractivity contribution >= 4 is 17.4 Å². The Morgan fingerprint density at radius 3 is 2.87 bits per heavy atom. The van der Waals surface area contributed by atoms with Gasteiger partial charge in [0.05, 0.1) is 0 Å². The molecule has 3 aromatic rings. The average Bonchev–Trinajstić information content (AvgIpc) is 2.95. The van der Waals surface area contributed by atoms with Gasteiger partial charge in [-0.15, -0.1) is 10.2 Å². The summed E-state index contributed by atoms with van der Waals surface area (Å²) >= 11 is 0. The summed E-state index contributed by atoms with van der Waals surface area (Å²) in [6.45, 7) is 5.59. The zero-order chi connectivity index (χ0) is 16.4. The Morgan fingerprint density at radius 2 is 2.09 bits per heavy atom. The zero-order valence-electron chi connectivity index (χ0n) is 13.1. The Labute approximate surface area is 132 Å². The Balaban J connectivity index is 1.65. The van der Waals surface area contributed by atoms with E-state index < -0.39 is 0 Å². The predicted molar refractivity (Wildman–Crippen MR) is 83.4 cm³/mol. The largest absolute Gasteiger partial charge is 0.466 e. The van der Waals surface area contributed by atoms with Gasteiger partial charge >= 0.3 is 0 Å². The highest BCUT2D eigenvalue weighted by Gasteiger charge is 2.10. The molecule has 8 nitrogen and oxygen atoms in total. The third kappa shape index (κ3) is 3.25. The Morgan fingerprint density at radius 1 is 1.26 bits per heavy atom. The van der Waals surface area contributed by atoms with Gasteiger partial charge in [0.25, 0.3) is 11.7 Å². The fraction of sp³-hybridized carbons (Fsp3) is 0.267. The molecule has 0 aliphatic heterocycles. The number of hydrogen-bond donors (Lipinski definition) is 1. The summed E-state index contributed by atoms with van der Waals surface area (Å²) < 4.78 is 6.88. The van der Waals surface area contributed by atoms with Crippen molar-refractivity contribution in [1.29, 1.82) is 0 Å². The van der Waals surface area contributed by atoms with Crippen molar-refractivity contribution in [2.45, 2.75) is 20.8 Å². The van der Waals surface area contributed by atoms with Gasteiger partial charge in [-0.2, -0.15) is 14.6 Å². The molecule has 0 aliphatic carbocycles. The van der Waals surface area contributed by atoms with Crippen molar-refractivity contribution in [3.63, 3.8) is 0 Å². The lowest BCUT2D eigenvalue weighted by Crippen LogP contribution is -2.21. The summed E-state index contributed by atoms with van der Waals surface area (Å²) in [6.07, 6.45) is 1.45. The number of hydrogen-bond acceptors (Lipinski definition) is 6. The highest BCUT2D eigenvalue weighted by molar-refractivity contribution is 5.92. The van der Waals surface area contributed by atoms with Crippen molar-refractivity contribution in [3.05, 3.63) is 41.3 Å². The molecule has 0 spiro atoms. The Kier molecular flexibility index (Phi) is 3.88. The number of anilines is 1. The molecule has 2 heterocycles. The summed E-state index contributed by atoms with van der Waals surface area (Å²) in [5.41, 5.74) is 3.57. The number of nitrogens with one attached hydrogen (secondary N) is 1. The van der Waals surface area contributed by atoms with E-state index in [0.29, 0.717) is 11.5 Å². The number of fused-ring (bicyclic) bond motifs is 1. The summed E-state index contributed by atoms with van der Waals surface area (Å²) in [5, 5.41) is 14.5. The average molecular weight is 312 g/mol. The molecule has 8 heteroatoms. The van der Waals surface area contributed by atoms with E-state index in [2.05, 4.69) is 25.6 Å². The van der Waals surface area contributed by atoms with Gasteiger partial charge in [0.2, 0.25) is 5.88 Å². The van der Waals surface area contributed by atoms with E-state index in [-0.39, 0.29) is 18.4 Å². The SMILES string of the molecule is Cc1ccc(NC(=O)COc2nc3nncn3nc2C)cc1C. The fourth-order valence-electron chi connectivity index (χ4n) is 2.03. The van der Waals surface area contributed by atoms with Gasteiger partial charge in [-0.25, -0.2) is 0 Å². The lowest BCUT2D eigenvalue weighted by atomic mass is 10.1. The van der Waals surface area contributed by atoms with Gasteiger partial charge in [0.15, 0.2) is 6.61 Å². The van der Waals surface area contributed by atoms with Crippen LogP contribution in [0.1, 0.15) is 16.8 Å². The molecule has 1 aromatic carbocycles. The van der Waals surface area contributed by atoms with E-state index in [1.54, 1.807) is 6.92 Å². The molecule has 0 bridgehead atoms. The van der Waals surface area contributed by atoms with Crippen molar-refractivity contribution in [3.8, 4) is 5.88 Å². The van der Waals surface area contributed by atoms with Gasteiger partial charge in [-0.3, -0.25) is 4.79 Å². The molecule has 0 unspecified atom stereocenters. The first-order valence-electron chi connectivity index (χ1n) is 7.07. The van der Waals surface area contributed by atoms with Crippen LogP contribution in [0.25, 0.3) is 5.78 Å². The molecule has 3 rings (SSSR count). The first-order valence-corrected chi connectivity index (χ1v) is 7.07. The van der Waals surface area contributed by atoms with Crippen LogP contribution >= 0.6 is 0 Å². The zero-order valence-corrected chi connectivity index (χ0v) is 13.1. The van der Waals surface area contributed by atoms with Crippen LogP contribution in [0.3, 0.4) is 0 Å². The molecule has 0 saturated heterocycles. The smallest absolute Gasteiger partial charge is 0.274 e. The maximum atomic E-state index is 12.0. The molecule has 118 valence electrons. The molecule has 0 fully saturated rings. The van der Waals surface area contributed by atoms with E-state index in [1.807, 2.05) is 32.0 Å². The minimum Gasteiger partial charge on any atom is -0.466 e. The summed E-state index contributed by atoms with van der Waals surface area (Å²) in [7, 11) is 0. The minimum atomic E-state index is -0.268. The molecular formula is C15H16N6O2. The van der Waals surface area contributed by atoms with Crippen molar-refractivity contribution in [1.82, 2.24) is 24.8 Å². The predicted octanol–water partition coefficient (Wildman–Crippen LogP) is 1.46. The summed E-state index contributed by atoms with van der Waals surface area (Å²) in [5.74, 6) is 0.316. The number of aryl methyl sites for hydroxylation is 3. The normalized spacial score (nSPS) is 10.7. The molecule has 0 radical (unpaired) electrons. The second kappa shape index (κ2) is 5.99. The van der Waals surface area contributed by atoms with Gasteiger partial charge in [-0.1, -0.05) is 6.07 Å². The van der Waals surface area contributed by atoms with Crippen LogP contribution in [0.5, 0.6) is 5.88 Å². The van der Waals surface area contributed by atoms with Crippen LogP contribution in [-0.2, 0) is 4.79 Å². The molecule has 0 aliphatic rings. The maximum Gasteiger partial charge on any atom is 0.274 e. The van der Waals surface area contributed by atoms with E-state index in [9.17, 15) is 4.79 Å². The monoisotopic (exact) mass is 312 g/mol.